The molecule has 4 nitrogen and oxygen atoms in total. The summed E-state index contributed by atoms with van der Waals surface area (Å²) in [4.78, 5) is 0. The highest BCUT2D eigenvalue weighted by atomic mass is 16.5. The van der Waals surface area contributed by atoms with Gasteiger partial charge in [0.25, 0.3) is 0 Å². The van der Waals surface area contributed by atoms with Gasteiger partial charge in [0.05, 0.1) is 18.5 Å². The van der Waals surface area contributed by atoms with Crippen molar-refractivity contribution >= 4 is 5.69 Å². The van der Waals surface area contributed by atoms with E-state index < -0.39 is 0 Å². The van der Waals surface area contributed by atoms with Gasteiger partial charge in [0.1, 0.15) is 11.4 Å². The standard InChI is InChI=1S/C14H19N3O/c1-5-10-6-7-12(18-4)11(8-10)14-13(15-3)9(2)16-17-14/h6-8,15H,5H2,1-4H3,(H,16,17). The van der Waals surface area contributed by atoms with Gasteiger partial charge in [-0.1, -0.05) is 13.0 Å². The van der Waals surface area contributed by atoms with Crippen molar-refractivity contribution in [3.8, 4) is 17.0 Å². The number of hydrogen-bond acceptors (Lipinski definition) is 3. The van der Waals surface area contributed by atoms with Gasteiger partial charge in [0.2, 0.25) is 0 Å². The molecule has 4 heteroatoms. The van der Waals surface area contributed by atoms with E-state index in [1.807, 2.05) is 20.0 Å². The molecule has 0 unspecified atom stereocenters. The molecule has 0 aliphatic rings. The Morgan fingerprint density at radius 2 is 2.17 bits per heavy atom. The number of aryl methyl sites for hydroxylation is 2. The molecule has 18 heavy (non-hydrogen) atoms. The van der Waals surface area contributed by atoms with Crippen LogP contribution in [0.15, 0.2) is 18.2 Å². The maximum absolute atomic E-state index is 5.43. The summed E-state index contributed by atoms with van der Waals surface area (Å²) in [6, 6.07) is 6.22. The number of ether oxygens (including phenoxy) is 1. The first kappa shape index (κ1) is 12.5. The Bertz CT molecular complexity index is 546. The fourth-order valence-electron chi connectivity index (χ4n) is 2.09. The topological polar surface area (TPSA) is 49.9 Å². The van der Waals surface area contributed by atoms with Crippen molar-refractivity contribution in [3.63, 3.8) is 0 Å². The minimum atomic E-state index is 0.843. The number of benzene rings is 1. The van der Waals surface area contributed by atoms with Crippen LogP contribution < -0.4 is 10.1 Å². The van der Waals surface area contributed by atoms with E-state index in [9.17, 15) is 0 Å². The Morgan fingerprint density at radius 1 is 1.39 bits per heavy atom. The van der Waals surface area contributed by atoms with Crippen LogP contribution in [0.1, 0.15) is 18.2 Å². The van der Waals surface area contributed by atoms with E-state index in [-0.39, 0.29) is 0 Å². The first-order chi connectivity index (χ1) is 8.71. The number of hydrogen-bond donors (Lipinski definition) is 2. The number of H-pyrrole nitrogens is 1. The summed E-state index contributed by atoms with van der Waals surface area (Å²) in [6.07, 6.45) is 0.995. The first-order valence-corrected chi connectivity index (χ1v) is 6.11. The van der Waals surface area contributed by atoms with Gasteiger partial charge in [-0.05, 0) is 31.0 Å². The molecule has 0 aliphatic heterocycles. The molecule has 1 aromatic heterocycles. The van der Waals surface area contributed by atoms with Gasteiger partial charge >= 0.3 is 0 Å². The summed E-state index contributed by atoms with van der Waals surface area (Å²) in [6.45, 7) is 4.14. The van der Waals surface area contributed by atoms with Crippen LogP contribution in [0.25, 0.3) is 11.3 Å². The smallest absolute Gasteiger partial charge is 0.128 e. The number of methoxy groups -OCH3 is 1. The van der Waals surface area contributed by atoms with E-state index in [1.54, 1.807) is 7.11 Å². The molecule has 0 bridgehead atoms. The van der Waals surface area contributed by atoms with Gasteiger partial charge in [-0.25, -0.2) is 0 Å². The number of anilines is 1. The second kappa shape index (κ2) is 5.12. The predicted molar refractivity (Wildman–Crippen MR) is 74.2 cm³/mol. The second-order valence-corrected chi connectivity index (χ2v) is 4.21. The Morgan fingerprint density at radius 3 is 2.78 bits per heavy atom. The Balaban J connectivity index is 2.60. The Labute approximate surface area is 107 Å². The van der Waals surface area contributed by atoms with Crippen LogP contribution in [0, 0.1) is 6.92 Å². The van der Waals surface area contributed by atoms with Gasteiger partial charge in [0, 0.05) is 12.6 Å². The quantitative estimate of drug-likeness (QED) is 0.870. The summed E-state index contributed by atoms with van der Waals surface area (Å²) in [5.74, 6) is 0.843. The lowest BCUT2D eigenvalue weighted by molar-refractivity contribution is 0.416. The van der Waals surface area contributed by atoms with E-state index in [1.165, 1.54) is 5.56 Å². The molecule has 2 N–H and O–H groups in total. The van der Waals surface area contributed by atoms with Crippen molar-refractivity contribution in [1.29, 1.82) is 0 Å². The third kappa shape index (κ3) is 2.06. The van der Waals surface area contributed by atoms with Crippen LogP contribution in [0.4, 0.5) is 5.69 Å². The van der Waals surface area contributed by atoms with Crippen molar-refractivity contribution in [1.82, 2.24) is 10.2 Å². The van der Waals surface area contributed by atoms with Crippen molar-refractivity contribution in [2.75, 3.05) is 19.5 Å². The summed E-state index contributed by atoms with van der Waals surface area (Å²) >= 11 is 0. The maximum atomic E-state index is 5.43. The Kier molecular flexibility index (Phi) is 3.55. The molecule has 2 aromatic rings. The molecule has 2 rings (SSSR count). The third-order valence-electron chi connectivity index (χ3n) is 3.12. The molecule has 0 atom stereocenters. The zero-order valence-corrected chi connectivity index (χ0v) is 11.3. The van der Waals surface area contributed by atoms with E-state index in [0.717, 1.165) is 34.8 Å². The molecule has 0 radical (unpaired) electrons. The molecule has 0 aliphatic carbocycles. The monoisotopic (exact) mass is 245 g/mol. The van der Waals surface area contributed by atoms with Crippen molar-refractivity contribution in [3.05, 3.63) is 29.5 Å². The van der Waals surface area contributed by atoms with Gasteiger partial charge in [-0.15, -0.1) is 0 Å². The fraction of sp³-hybridized carbons (Fsp3) is 0.357. The number of rotatable bonds is 4. The fourth-order valence-corrected chi connectivity index (χ4v) is 2.09. The molecule has 0 amide bonds. The largest absolute Gasteiger partial charge is 0.496 e. The molecule has 0 saturated heterocycles. The van der Waals surface area contributed by atoms with E-state index in [4.69, 9.17) is 4.74 Å². The first-order valence-electron chi connectivity index (χ1n) is 6.11. The van der Waals surface area contributed by atoms with Crippen LogP contribution in [-0.4, -0.2) is 24.4 Å². The summed E-state index contributed by atoms with van der Waals surface area (Å²) < 4.78 is 5.43. The molecule has 0 spiro atoms. The highest BCUT2D eigenvalue weighted by Crippen LogP contribution is 2.35. The van der Waals surface area contributed by atoms with Gasteiger partial charge < -0.3 is 10.1 Å². The lowest BCUT2D eigenvalue weighted by Gasteiger charge is -2.10. The highest BCUT2D eigenvalue weighted by Gasteiger charge is 2.15. The van der Waals surface area contributed by atoms with Crippen LogP contribution >= 0.6 is 0 Å². The third-order valence-corrected chi connectivity index (χ3v) is 3.12. The van der Waals surface area contributed by atoms with Gasteiger partial charge in [-0.3, -0.25) is 5.10 Å². The molecule has 0 fully saturated rings. The number of nitrogens with one attached hydrogen (secondary N) is 2. The Hall–Kier alpha value is -1.97. The molecule has 0 saturated carbocycles. The van der Waals surface area contributed by atoms with Gasteiger partial charge in [-0.2, -0.15) is 5.10 Å². The van der Waals surface area contributed by atoms with E-state index in [2.05, 4.69) is 34.6 Å². The minimum absolute atomic E-state index is 0.843. The van der Waals surface area contributed by atoms with Crippen molar-refractivity contribution < 1.29 is 4.74 Å². The van der Waals surface area contributed by atoms with Gasteiger partial charge in [0.15, 0.2) is 0 Å². The summed E-state index contributed by atoms with van der Waals surface area (Å²) in [5, 5.41) is 10.6. The second-order valence-electron chi connectivity index (χ2n) is 4.21. The maximum Gasteiger partial charge on any atom is 0.128 e. The molecular weight excluding hydrogens is 226 g/mol. The molecule has 1 heterocycles. The van der Waals surface area contributed by atoms with E-state index in [0.29, 0.717) is 0 Å². The van der Waals surface area contributed by atoms with Crippen LogP contribution in [-0.2, 0) is 6.42 Å². The molecular formula is C14H19N3O. The van der Waals surface area contributed by atoms with E-state index >= 15 is 0 Å². The minimum Gasteiger partial charge on any atom is -0.496 e. The summed E-state index contributed by atoms with van der Waals surface area (Å²) in [7, 11) is 3.58. The number of nitrogens with zero attached hydrogens (tertiary/aromatic N) is 1. The number of aromatic amines is 1. The van der Waals surface area contributed by atoms with Crippen LogP contribution in [0.2, 0.25) is 0 Å². The summed E-state index contributed by atoms with van der Waals surface area (Å²) in [5.41, 5.74) is 5.24. The van der Waals surface area contributed by atoms with Crippen molar-refractivity contribution in [2.24, 2.45) is 0 Å². The average molecular weight is 245 g/mol. The van der Waals surface area contributed by atoms with Crippen LogP contribution in [0.3, 0.4) is 0 Å². The molecule has 96 valence electrons. The lowest BCUT2D eigenvalue weighted by Crippen LogP contribution is -1.95. The SMILES string of the molecule is CCc1ccc(OC)c(-c2n[nH]c(C)c2NC)c1. The molecule has 1 aromatic carbocycles. The average Bonchev–Trinajstić information content (AvgIpc) is 2.78. The number of aromatic nitrogens is 2. The lowest BCUT2D eigenvalue weighted by atomic mass is 10.0. The normalized spacial score (nSPS) is 10.4. The van der Waals surface area contributed by atoms with Crippen molar-refractivity contribution in [2.45, 2.75) is 20.3 Å². The highest BCUT2D eigenvalue weighted by molar-refractivity contribution is 5.80. The van der Waals surface area contributed by atoms with Crippen LogP contribution in [0.5, 0.6) is 5.75 Å². The zero-order chi connectivity index (χ0) is 13.1. The predicted octanol–water partition coefficient (Wildman–Crippen LogP) is 3.00. The zero-order valence-electron chi connectivity index (χ0n) is 11.3.